The van der Waals surface area contributed by atoms with Crippen molar-refractivity contribution in [1.29, 1.82) is 0 Å². The lowest BCUT2D eigenvalue weighted by atomic mass is 10.2. The summed E-state index contributed by atoms with van der Waals surface area (Å²) in [6.45, 7) is 3.93. The van der Waals surface area contributed by atoms with Gasteiger partial charge in [0.1, 0.15) is 0 Å². The third kappa shape index (κ3) is 2.17. The van der Waals surface area contributed by atoms with Crippen molar-refractivity contribution in [2.24, 2.45) is 0 Å². The van der Waals surface area contributed by atoms with Crippen LogP contribution in [0.5, 0.6) is 0 Å². The number of hydrogen-bond donors (Lipinski definition) is 1. The zero-order chi connectivity index (χ0) is 12.4. The van der Waals surface area contributed by atoms with E-state index < -0.39 is 0 Å². The molecule has 18 heavy (non-hydrogen) atoms. The Hall–Kier alpha value is -1.65. The van der Waals surface area contributed by atoms with Gasteiger partial charge in [-0.05, 0) is 36.1 Å². The Bertz CT molecular complexity index is 654. The van der Waals surface area contributed by atoms with Gasteiger partial charge < -0.3 is 5.32 Å². The normalized spacial score (nSPS) is 11.2. The second kappa shape index (κ2) is 4.92. The maximum absolute atomic E-state index is 4.33. The van der Waals surface area contributed by atoms with Crippen molar-refractivity contribution in [3.8, 4) is 0 Å². The molecule has 0 atom stereocenters. The van der Waals surface area contributed by atoms with E-state index in [1.807, 2.05) is 40.4 Å². The minimum absolute atomic E-state index is 0.852. The van der Waals surface area contributed by atoms with Crippen LogP contribution < -0.4 is 5.32 Å². The average Bonchev–Trinajstić information content (AvgIpc) is 2.97. The Balaban J connectivity index is 1.68. The van der Waals surface area contributed by atoms with E-state index in [4.69, 9.17) is 0 Å². The van der Waals surface area contributed by atoms with Crippen molar-refractivity contribution >= 4 is 16.9 Å². The molecule has 0 bridgehead atoms. The Labute approximate surface area is 110 Å². The predicted molar refractivity (Wildman–Crippen MR) is 74.8 cm³/mol. The molecular weight excluding hydrogens is 242 g/mol. The second-order valence-electron chi connectivity index (χ2n) is 4.33. The summed E-state index contributed by atoms with van der Waals surface area (Å²) in [7, 11) is 0. The van der Waals surface area contributed by atoms with Crippen molar-refractivity contribution in [1.82, 2.24) is 14.9 Å². The van der Waals surface area contributed by atoms with Crippen LogP contribution in [0.2, 0.25) is 0 Å². The molecule has 0 radical (unpaired) electrons. The summed E-state index contributed by atoms with van der Waals surface area (Å²) in [5.74, 6) is 0. The van der Waals surface area contributed by atoms with Crippen LogP contribution in [-0.2, 0) is 13.1 Å². The zero-order valence-electron chi connectivity index (χ0n) is 10.3. The fourth-order valence-electron chi connectivity index (χ4n) is 2.02. The molecule has 0 aliphatic rings. The highest BCUT2D eigenvalue weighted by Gasteiger charge is 2.03. The Morgan fingerprint density at radius 3 is 3.06 bits per heavy atom. The van der Waals surface area contributed by atoms with Crippen LogP contribution in [0.25, 0.3) is 5.52 Å². The second-order valence-corrected chi connectivity index (χ2v) is 5.33. The van der Waals surface area contributed by atoms with E-state index in [0.717, 1.165) is 13.1 Å². The van der Waals surface area contributed by atoms with E-state index in [1.165, 1.54) is 21.5 Å². The lowest BCUT2D eigenvalue weighted by molar-refractivity contribution is 0.702. The van der Waals surface area contributed by atoms with Crippen LogP contribution >= 0.6 is 11.3 Å². The van der Waals surface area contributed by atoms with Crippen LogP contribution in [0, 0.1) is 6.92 Å². The lowest BCUT2D eigenvalue weighted by Crippen LogP contribution is -2.12. The van der Waals surface area contributed by atoms with Crippen molar-refractivity contribution in [3.05, 3.63) is 58.0 Å². The number of thiophene rings is 1. The molecule has 0 unspecified atom stereocenters. The molecule has 0 spiro atoms. The highest BCUT2D eigenvalue weighted by molar-refractivity contribution is 7.10. The Morgan fingerprint density at radius 1 is 1.28 bits per heavy atom. The zero-order valence-corrected chi connectivity index (χ0v) is 11.1. The summed E-state index contributed by atoms with van der Waals surface area (Å²) in [5, 5.41) is 9.95. The van der Waals surface area contributed by atoms with Crippen LogP contribution in [0.15, 0.2) is 42.0 Å². The maximum Gasteiger partial charge on any atom is 0.0706 e. The van der Waals surface area contributed by atoms with Crippen LogP contribution in [0.4, 0.5) is 0 Å². The highest BCUT2D eigenvalue weighted by atomic mass is 32.1. The van der Waals surface area contributed by atoms with Gasteiger partial charge in [0.25, 0.3) is 0 Å². The lowest BCUT2D eigenvalue weighted by Gasteiger charge is -2.03. The molecule has 0 saturated carbocycles. The fourth-order valence-corrected chi connectivity index (χ4v) is 2.90. The van der Waals surface area contributed by atoms with E-state index in [-0.39, 0.29) is 0 Å². The van der Waals surface area contributed by atoms with Crippen molar-refractivity contribution in [2.75, 3.05) is 0 Å². The van der Waals surface area contributed by atoms with Gasteiger partial charge >= 0.3 is 0 Å². The molecule has 0 aliphatic carbocycles. The molecule has 3 aromatic heterocycles. The van der Waals surface area contributed by atoms with Crippen LogP contribution in [0.1, 0.15) is 16.0 Å². The molecule has 1 N–H and O–H groups in total. The van der Waals surface area contributed by atoms with Crippen molar-refractivity contribution in [2.45, 2.75) is 20.0 Å². The molecule has 0 aliphatic heterocycles. The van der Waals surface area contributed by atoms with Gasteiger partial charge in [-0.3, -0.25) is 0 Å². The monoisotopic (exact) mass is 257 g/mol. The van der Waals surface area contributed by atoms with E-state index in [9.17, 15) is 0 Å². The number of rotatable bonds is 4. The smallest absolute Gasteiger partial charge is 0.0706 e. The van der Waals surface area contributed by atoms with Gasteiger partial charge in [0, 0.05) is 29.7 Å². The molecule has 0 amide bonds. The minimum Gasteiger partial charge on any atom is -0.308 e. The first-order valence-electron chi connectivity index (χ1n) is 5.99. The molecular formula is C14H15N3S. The first-order valence-corrected chi connectivity index (χ1v) is 6.87. The van der Waals surface area contributed by atoms with Gasteiger partial charge in [-0.1, -0.05) is 6.07 Å². The van der Waals surface area contributed by atoms with Gasteiger partial charge in [-0.25, -0.2) is 4.52 Å². The van der Waals surface area contributed by atoms with Crippen LogP contribution in [-0.4, -0.2) is 9.61 Å². The summed E-state index contributed by atoms with van der Waals surface area (Å²) in [5.41, 5.74) is 3.78. The molecule has 4 heteroatoms. The van der Waals surface area contributed by atoms with Crippen molar-refractivity contribution in [3.63, 3.8) is 0 Å². The van der Waals surface area contributed by atoms with E-state index in [0.29, 0.717) is 0 Å². The SMILES string of the molecule is Cc1ccsc1CNCc1cnn2ccccc12. The first kappa shape index (κ1) is 11.4. The van der Waals surface area contributed by atoms with Crippen LogP contribution in [0.3, 0.4) is 0 Å². The first-order chi connectivity index (χ1) is 8.84. The summed E-state index contributed by atoms with van der Waals surface area (Å²) in [6, 6.07) is 8.30. The quantitative estimate of drug-likeness (QED) is 0.778. The third-order valence-corrected chi connectivity index (χ3v) is 4.10. The Kier molecular flexibility index (Phi) is 3.13. The van der Waals surface area contributed by atoms with Gasteiger partial charge in [0.2, 0.25) is 0 Å². The predicted octanol–water partition coefficient (Wildman–Crippen LogP) is 2.99. The van der Waals surface area contributed by atoms with Crippen molar-refractivity contribution < 1.29 is 0 Å². The third-order valence-electron chi connectivity index (χ3n) is 3.08. The summed E-state index contributed by atoms with van der Waals surface area (Å²) in [6.07, 6.45) is 3.91. The van der Waals surface area contributed by atoms with E-state index in [2.05, 4.69) is 34.9 Å². The average molecular weight is 257 g/mol. The molecule has 3 aromatic rings. The molecule has 0 aromatic carbocycles. The number of pyridine rings is 1. The van der Waals surface area contributed by atoms with Gasteiger partial charge in [0.05, 0.1) is 11.7 Å². The highest BCUT2D eigenvalue weighted by Crippen LogP contribution is 2.15. The molecule has 92 valence electrons. The number of nitrogens with one attached hydrogen (secondary N) is 1. The number of hydrogen-bond acceptors (Lipinski definition) is 3. The summed E-state index contributed by atoms with van der Waals surface area (Å²) in [4.78, 5) is 1.41. The van der Waals surface area contributed by atoms with Gasteiger partial charge in [-0.2, -0.15) is 5.10 Å². The van der Waals surface area contributed by atoms with Gasteiger partial charge in [-0.15, -0.1) is 11.3 Å². The minimum atomic E-state index is 0.852. The molecule has 3 rings (SSSR count). The molecule has 0 saturated heterocycles. The Morgan fingerprint density at radius 2 is 2.22 bits per heavy atom. The fraction of sp³-hybridized carbons (Fsp3) is 0.214. The largest absolute Gasteiger partial charge is 0.308 e. The maximum atomic E-state index is 4.33. The topological polar surface area (TPSA) is 29.3 Å². The molecule has 3 nitrogen and oxygen atoms in total. The van der Waals surface area contributed by atoms with E-state index >= 15 is 0 Å². The summed E-state index contributed by atoms with van der Waals surface area (Å²) >= 11 is 1.81. The number of aryl methyl sites for hydroxylation is 1. The number of fused-ring (bicyclic) bond motifs is 1. The van der Waals surface area contributed by atoms with E-state index in [1.54, 1.807) is 0 Å². The number of aromatic nitrogens is 2. The number of nitrogens with zero attached hydrogens (tertiary/aromatic N) is 2. The molecule has 0 fully saturated rings. The summed E-state index contributed by atoms with van der Waals surface area (Å²) < 4.78 is 1.91. The van der Waals surface area contributed by atoms with Gasteiger partial charge in [0.15, 0.2) is 0 Å². The standard InChI is InChI=1S/C14H15N3S/c1-11-5-7-18-14(11)10-15-8-12-9-16-17-6-3-2-4-13(12)17/h2-7,9,15H,8,10H2,1H3. The molecule has 3 heterocycles.